The largest absolute Gasteiger partial charge is 0.452 e. The Morgan fingerprint density at radius 1 is 1.16 bits per heavy atom. The predicted octanol–water partition coefficient (Wildman–Crippen LogP) is 1.69. The Bertz CT molecular complexity index is 932. The van der Waals surface area contributed by atoms with E-state index >= 15 is 0 Å². The molecular weight excluding hydrogens is 342 g/mol. The molecule has 1 N–H and O–H groups in total. The average molecular weight is 361 g/mol. The molecule has 1 atom stereocenters. The molecule has 132 valence electrons. The van der Waals surface area contributed by atoms with E-state index in [0.29, 0.717) is 12.0 Å². The SMILES string of the molecule is C[C@@]1(NC(=O)COC(=O)c2cccc3ccccc23)CCS(=O)(=O)C1. The monoisotopic (exact) mass is 361 g/mol. The number of benzene rings is 2. The van der Waals surface area contributed by atoms with Crippen LogP contribution in [0.3, 0.4) is 0 Å². The molecule has 25 heavy (non-hydrogen) atoms. The molecule has 7 heteroatoms. The van der Waals surface area contributed by atoms with Crippen LogP contribution in [-0.2, 0) is 19.4 Å². The molecule has 1 amide bonds. The molecule has 3 rings (SSSR count). The van der Waals surface area contributed by atoms with Crippen LogP contribution in [0.15, 0.2) is 42.5 Å². The minimum Gasteiger partial charge on any atom is -0.452 e. The first-order chi connectivity index (χ1) is 11.8. The summed E-state index contributed by atoms with van der Waals surface area (Å²) in [6, 6.07) is 12.7. The van der Waals surface area contributed by atoms with Crippen molar-refractivity contribution in [3.8, 4) is 0 Å². The van der Waals surface area contributed by atoms with E-state index in [1.54, 1.807) is 19.1 Å². The molecule has 1 aliphatic heterocycles. The molecule has 0 bridgehead atoms. The quantitative estimate of drug-likeness (QED) is 0.837. The van der Waals surface area contributed by atoms with Crippen molar-refractivity contribution in [3.63, 3.8) is 0 Å². The zero-order valence-electron chi connectivity index (χ0n) is 13.8. The van der Waals surface area contributed by atoms with Crippen molar-refractivity contribution in [2.75, 3.05) is 18.1 Å². The van der Waals surface area contributed by atoms with Crippen molar-refractivity contribution in [3.05, 3.63) is 48.0 Å². The number of fused-ring (bicyclic) bond motifs is 1. The first-order valence-corrected chi connectivity index (χ1v) is 9.77. The fourth-order valence-corrected chi connectivity index (χ4v) is 5.19. The minimum atomic E-state index is -3.12. The van der Waals surface area contributed by atoms with Gasteiger partial charge in [-0.3, -0.25) is 4.79 Å². The number of esters is 1. The number of hydrogen-bond donors (Lipinski definition) is 1. The lowest BCUT2D eigenvalue weighted by atomic mass is 10.0. The van der Waals surface area contributed by atoms with Crippen LogP contribution < -0.4 is 5.32 Å². The standard InChI is InChI=1S/C18H19NO5S/c1-18(9-10-25(22,23)12-18)19-16(20)11-24-17(21)15-8-4-6-13-5-2-3-7-14(13)15/h2-8H,9-12H2,1H3,(H,19,20)/t18-/m1/s1. The third-order valence-corrected chi connectivity index (χ3v) is 6.19. The molecule has 0 unspecified atom stereocenters. The maximum Gasteiger partial charge on any atom is 0.339 e. The van der Waals surface area contributed by atoms with Gasteiger partial charge in [-0.15, -0.1) is 0 Å². The summed E-state index contributed by atoms with van der Waals surface area (Å²) in [6.07, 6.45) is 0.359. The molecule has 2 aromatic carbocycles. The van der Waals surface area contributed by atoms with Gasteiger partial charge in [0.15, 0.2) is 16.4 Å². The average Bonchev–Trinajstić information content (AvgIpc) is 2.85. The van der Waals surface area contributed by atoms with Gasteiger partial charge >= 0.3 is 5.97 Å². The molecule has 0 aromatic heterocycles. The fraction of sp³-hybridized carbons (Fsp3) is 0.333. The van der Waals surface area contributed by atoms with E-state index in [0.717, 1.165) is 10.8 Å². The van der Waals surface area contributed by atoms with Gasteiger partial charge in [0.1, 0.15) is 0 Å². The van der Waals surface area contributed by atoms with E-state index in [2.05, 4.69) is 5.32 Å². The molecule has 6 nitrogen and oxygen atoms in total. The first kappa shape index (κ1) is 17.4. The van der Waals surface area contributed by atoms with Gasteiger partial charge in [-0.25, -0.2) is 13.2 Å². The Morgan fingerprint density at radius 3 is 2.60 bits per heavy atom. The third-order valence-electron chi connectivity index (χ3n) is 4.29. The zero-order chi connectivity index (χ0) is 18.1. The van der Waals surface area contributed by atoms with Crippen LogP contribution in [-0.4, -0.2) is 43.9 Å². The summed E-state index contributed by atoms with van der Waals surface area (Å²) in [5.41, 5.74) is -0.414. The molecule has 1 saturated heterocycles. The minimum absolute atomic E-state index is 0.0551. The Balaban J connectivity index is 1.63. The van der Waals surface area contributed by atoms with Crippen LogP contribution in [0.1, 0.15) is 23.7 Å². The van der Waals surface area contributed by atoms with Gasteiger partial charge in [0.25, 0.3) is 5.91 Å². The van der Waals surface area contributed by atoms with E-state index in [-0.39, 0.29) is 11.5 Å². The highest BCUT2D eigenvalue weighted by Gasteiger charge is 2.39. The van der Waals surface area contributed by atoms with Crippen molar-refractivity contribution < 1.29 is 22.7 Å². The number of nitrogens with one attached hydrogen (secondary N) is 1. The maximum absolute atomic E-state index is 12.3. The molecule has 2 aromatic rings. The molecule has 1 heterocycles. The molecule has 1 fully saturated rings. The van der Waals surface area contributed by atoms with E-state index in [1.807, 2.05) is 30.3 Å². The summed E-state index contributed by atoms with van der Waals surface area (Å²) >= 11 is 0. The summed E-state index contributed by atoms with van der Waals surface area (Å²) in [5.74, 6) is -1.13. The van der Waals surface area contributed by atoms with Gasteiger partial charge in [-0.2, -0.15) is 0 Å². The highest BCUT2D eigenvalue weighted by molar-refractivity contribution is 7.91. The van der Waals surface area contributed by atoms with Crippen molar-refractivity contribution in [2.45, 2.75) is 18.9 Å². The number of sulfone groups is 1. The van der Waals surface area contributed by atoms with Gasteiger partial charge in [-0.05, 0) is 30.2 Å². The number of hydrogen-bond acceptors (Lipinski definition) is 5. The number of carbonyl (C=O) groups excluding carboxylic acids is 2. The fourth-order valence-electron chi connectivity index (χ4n) is 3.09. The van der Waals surface area contributed by atoms with Gasteiger partial charge in [0.2, 0.25) is 0 Å². The Kier molecular flexibility index (Phi) is 4.51. The van der Waals surface area contributed by atoms with Gasteiger partial charge in [-0.1, -0.05) is 36.4 Å². The van der Waals surface area contributed by atoms with Crippen LogP contribution in [0.25, 0.3) is 10.8 Å². The third kappa shape index (κ3) is 3.99. The van der Waals surface area contributed by atoms with Crippen molar-refractivity contribution in [2.24, 2.45) is 0 Å². The van der Waals surface area contributed by atoms with Crippen LogP contribution in [0.4, 0.5) is 0 Å². The van der Waals surface area contributed by atoms with Crippen LogP contribution in [0.2, 0.25) is 0 Å². The highest BCUT2D eigenvalue weighted by Crippen LogP contribution is 2.23. The van der Waals surface area contributed by atoms with Crippen LogP contribution in [0.5, 0.6) is 0 Å². The smallest absolute Gasteiger partial charge is 0.339 e. The molecule has 0 aliphatic carbocycles. The van der Waals surface area contributed by atoms with Gasteiger partial charge in [0, 0.05) is 0 Å². The summed E-state index contributed by atoms with van der Waals surface area (Å²) < 4.78 is 28.2. The zero-order valence-corrected chi connectivity index (χ0v) is 14.6. The van der Waals surface area contributed by atoms with E-state index in [1.165, 1.54) is 0 Å². The lowest BCUT2D eigenvalue weighted by Crippen LogP contribution is -2.48. The molecular formula is C18H19NO5S. The normalized spacial score (nSPS) is 21.8. The first-order valence-electron chi connectivity index (χ1n) is 7.94. The highest BCUT2D eigenvalue weighted by atomic mass is 32.2. The lowest BCUT2D eigenvalue weighted by molar-refractivity contribution is -0.125. The second kappa shape index (κ2) is 6.48. The van der Waals surface area contributed by atoms with E-state index < -0.39 is 33.9 Å². The number of rotatable bonds is 4. The van der Waals surface area contributed by atoms with Crippen molar-refractivity contribution in [1.29, 1.82) is 0 Å². The maximum atomic E-state index is 12.3. The second-order valence-electron chi connectivity index (χ2n) is 6.55. The predicted molar refractivity (Wildman–Crippen MR) is 94.0 cm³/mol. The Labute approximate surface area is 146 Å². The molecule has 0 spiro atoms. The summed E-state index contributed by atoms with van der Waals surface area (Å²) in [5, 5.41) is 4.32. The number of amides is 1. The lowest BCUT2D eigenvalue weighted by Gasteiger charge is -2.23. The second-order valence-corrected chi connectivity index (χ2v) is 8.74. The van der Waals surface area contributed by atoms with E-state index in [9.17, 15) is 18.0 Å². The number of carbonyl (C=O) groups is 2. The Morgan fingerprint density at radius 2 is 1.88 bits per heavy atom. The van der Waals surface area contributed by atoms with E-state index in [4.69, 9.17) is 4.74 Å². The molecule has 0 saturated carbocycles. The van der Waals surface area contributed by atoms with Crippen LogP contribution in [0, 0.1) is 0 Å². The van der Waals surface area contributed by atoms with Crippen molar-refractivity contribution in [1.82, 2.24) is 5.32 Å². The Hall–Kier alpha value is -2.41. The summed E-state index contributed by atoms with van der Waals surface area (Å²) in [6.45, 7) is 1.24. The van der Waals surface area contributed by atoms with Gasteiger partial charge in [0.05, 0.1) is 22.6 Å². The topological polar surface area (TPSA) is 89.5 Å². The molecule has 1 aliphatic rings. The summed E-state index contributed by atoms with van der Waals surface area (Å²) in [7, 11) is -3.12. The summed E-state index contributed by atoms with van der Waals surface area (Å²) in [4.78, 5) is 24.3. The van der Waals surface area contributed by atoms with Crippen molar-refractivity contribution >= 4 is 32.5 Å². The molecule has 0 radical (unpaired) electrons. The number of ether oxygens (including phenoxy) is 1. The van der Waals surface area contributed by atoms with Crippen LogP contribution >= 0.6 is 0 Å². The van der Waals surface area contributed by atoms with Gasteiger partial charge < -0.3 is 10.1 Å².